The van der Waals surface area contributed by atoms with E-state index in [4.69, 9.17) is 11.6 Å². The van der Waals surface area contributed by atoms with E-state index in [9.17, 15) is 10.1 Å². The second kappa shape index (κ2) is 7.37. The van der Waals surface area contributed by atoms with Crippen LogP contribution in [-0.2, 0) is 0 Å². The Bertz CT molecular complexity index is 978. The molecule has 3 aromatic rings. The smallest absolute Gasteiger partial charge is 0.334 e. The Morgan fingerprint density at radius 2 is 1.58 bits per heavy atom. The van der Waals surface area contributed by atoms with Gasteiger partial charge in [-0.1, -0.05) is 35.9 Å². The van der Waals surface area contributed by atoms with Gasteiger partial charge in [0, 0.05) is 16.4 Å². The zero-order valence-electron chi connectivity index (χ0n) is 14.2. The lowest BCUT2D eigenvalue weighted by Gasteiger charge is -2.12. The highest BCUT2D eigenvalue weighted by Crippen LogP contribution is 2.34. The van der Waals surface area contributed by atoms with Crippen LogP contribution in [0.25, 0.3) is 0 Å². The summed E-state index contributed by atoms with van der Waals surface area (Å²) in [6.45, 7) is 3.78. The molecule has 0 unspecified atom stereocenters. The van der Waals surface area contributed by atoms with Crippen LogP contribution in [0.4, 0.5) is 28.7 Å². The summed E-state index contributed by atoms with van der Waals surface area (Å²) in [5.41, 5.74) is 2.96. The quantitative estimate of drug-likeness (QED) is 0.477. The maximum atomic E-state index is 11.7. The molecule has 0 saturated heterocycles. The topological polar surface area (TPSA) is 93.0 Å². The molecule has 1 heterocycles. The molecule has 0 aliphatic carbocycles. The van der Waals surface area contributed by atoms with Crippen molar-refractivity contribution < 1.29 is 4.92 Å². The lowest BCUT2D eigenvalue weighted by atomic mass is 10.2. The Morgan fingerprint density at radius 3 is 2.23 bits per heavy atom. The van der Waals surface area contributed by atoms with Crippen LogP contribution >= 0.6 is 11.6 Å². The van der Waals surface area contributed by atoms with Crippen LogP contribution in [0.3, 0.4) is 0 Å². The molecular weight excluding hydrogens is 354 g/mol. The summed E-state index contributed by atoms with van der Waals surface area (Å²) in [5.74, 6) is 0.202. The number of anilines is 4. The molecule has 0 atom stereocenters. The Labute approximate surface area is 155 Å². The number of nitrogens with zero attached hydrogens (tertiary/aromatic N) is 3. The first-order valence-corrected chi connectivity index (χ1v) is 8.18. The third-order valence-corrected chi connectivity index (χ3v) is 4.09. The number of rotatable bonds is 5. The summed E-state index contributed by atoms with van der Waals surface area (Å²) in [6.07, 6.45) is 1.27. The van der Waals surface area contributed by atoms with Crippen LogP contribution in [0.1, 0.15) is 11.1 Å². The Morgan fingerprint density at radius 1 is 0.962 bits per heavy atom. The highest BCUT2D eigenvalue weighted by Gasteiger charge is 2.24. The molecule has 0 fully saturated rings. The fourth-order valence-electron chi connectivity index (χ4n) is 2.43. The standard InChI is InChI=1S/C18H16ClN5O2/c1-11-5-3-4-6-14(11)22-17-16(24(25)26)18(21-10-20-17)23-15-9-13(19)8-7-12(15)2/h3-10H,1-2H3,(H2,20,21,22,23). The molecule has 132 valence electrons. The van der Waals surface area contributed by atoms with E-state index in [-0.39, 0.29) is 17.3 Å². The summed E-state index contributed by atoms with van der Waals surface area (Å²) in [6, 6.07) is 12.7. The number of hydrogen-bond donors (Lipinski definition) is 2. The van der Waals surface area contributed by atoms with E-state index in [0.29, 0.717) is 10.7 Å². The Balaban J connectivity index is 2.03. The van der Waals surface area contributed by atoms with Crippen molar-refractivity contribution in [1.82, 2.24) is 9.97 Å². The van der Waals surface area contributed by atoms with Gasteiger partial charge in [-0.3, -0.25) is 10.1 Å². The van der Waals surface area contributed by atoms with Gasteiger partial charge in [-0.25, -0.2) is 9.97 Å². The number of hydrogen-bond acceptors (Lipinski definition) is 6. The molecule has 0 aliphatic rings. The molecule has 0 aliphatic heterocycles. The predicted molar refractivity (Wildman–Crippen MR) is 103 cm³/mol. The minimum atomic E-state index is -0.511. The van der Waals surface area contributed by atoms with E-state index in [0.717, 1.165) is 16.8 Å². The molecule has 2 N–H and O–H groups in total. The number of aryl methyl sites for hydroxylation is 2. The van der Waals surface area contributed by atoms with E-state index in [1.807, 2.05) is 44.2 Å². The van der Waals surface area contributed by atoms with Gasteiger partial charge in [0.1, 0.15) is 6.33 Å². The van der Waals surface area contributed by atoms with Gasteiger partial charge in [-0.05, 0) is 43.2 Å². The van der Waals surface area contributed by atoms with Crippen LogP contribution in [0, 0.1) is 24.0 Å². The summed E-state index contributed by atoms with van der Waals surface area (Å²) in [5, 5.41) is 18.2. The normalized spacial score (nSPS) is 10.4. The zero-order valence-corrected chi connectivity index (χ0v) is 14.9. The molecule has 0 radical (unpaired) electrons. The third-order valence-electron chi connectivity index (χ3n) is 3.86. The minimum Gasteiger partial charge on any atom is -0.334 e. The summed E-state index contributed by atoms with van der Waals surface area (Å²) >= 11 is 6.02. The molecule has 1 aromatic heterocycles. The van der Waals surface area contributed by atoms with Crippen molar-refractivity contribution in [3.8, 4) is 0 Å². The Hall–Kier alpha value is -3.19. The number of nitrogens with one attached hydrogen (secondary N) is 2. The fraction of sp³-hybridized carbons (Fsp3) is 0.111. The maximum absolute atomic E-state index is 11.7. The van der Waals surface area contributed by atoms with E-state index < -0.39 is 4.92 Å². The third kappa shape index (κ3) is 3.73. The predicted octanol–water partition coefficient (Wildman–Crippen LogP) is 5.14. The molecule has 0 saturated carbocycles. The highest BCUT2D eigenvalue weighted by molar-refractivity contribution is 6.30. The van der Waals surface area contributed by atoms with Crippen LogP contribution in [-0.4, -0.2) is 14.9 Å². The van der Waals surface area contributed by atoms with Crippen LogP contribution < -0.4 is 10.6 Å². The largest absolute Gasteiger partial charge is 0.353 e. The van der Waals surface area contributed by atoms with Crippen molar-refractivity contribution >= 4 is 40.3 Å². The maximum Gasteiger partial charge on any atom is 0.353 e. The molecule has 2 aromatic carbocycles. The van der Waals surface area contributed by atoms with Gasteiger partial charge < -0.3 is 10.6 Å². The number of aromatic nitrogens is 2. The molecular formula is C18H16ClN5O2. The van der Waals surface area contributed by atoms with Gasteiger partial charge in [0.15, 0.2) is 0 Å². The van der Waals surface area contributed by atoms with Crippen molar-refractivity contribution in [3.63, 3.8) is 0 Å². The first-order chi connectivity index (χ1) is 12.5. The Kier molecular flexibility index (Phi) is 4.99. The second-order valence-electron chi connectivity index (χ2n) is 5.70. The van der Waals surface area contributed by atoms with Crippen LogP contribution in [0.5, 0.6) is 0 Å². The van der Waals surface area contributed by atoms with Crippen molar-refractivity contribution in [3.05, 3.63) is 75.1 Å². The van der Waals surface area contributed by atoms with E-state index in [2.05, 4.69) is 20.6 Å². The molecule has 3 rings (SSSR count). The molecule has 0 amide bonds. The summed E-state index contributed by atoms with van der Waals surface area (Å²) in [4.78, 5) is 19.3. The monoisotopic (exact) mass is 369 g/mol. The highest BCUT2D eigenvalue weighted by atomic mass is 35.5. The average molecular weight is 370 g/mol. The van der Waals surface area contributed by atoms with E-state index >= 15 is 0 Å². The number of benzene rings is 2. The number of halogens is 1. The number of para-hydroxylation sites is 1. The van der Waals surface area contributed by atoms with Crippen molar-refractivity contribution in [2.75, 3.05) is 10.6 Å². The molecule has 0 bridgehead atoms. The summed E-state index contributed by atoms with van der Waals surface area (Å²) in [7, 11) is 0. The number of nitro groups is 1. The lowest BCUT2D eigenvalue weighted by molar-refractivity contribution is -0.383. The van der Waals surface area contributed by atoms with E-state index in [1.165, 1.54) is 6.33 Å². The van der Waals surface area contributed by atoms with Gasteiger partial charge in [-0.15, -0.1) is 0 Å². The fourth-order valence-corrected chi connectivity index (χ4v) is 2.60. The molecule has 7 nitrogen and oxygen atoms in total. The van der Waals surface area contributed by atoms with Gasteiger partial charge in [0.2, 0.25) is 11.6 Å². The van der Waals surface area contributed by atoms with Gasteiger partial charge >= 0.3 is 5.69 Å². The summed E-state index contributed by atoms with van der Waals surface area (Å²) < 4.78 is 0. The van der Waals surface area contributed by atoms with Crippen molar-refractivity contribution in [1.29, 1.82) is 0 Å². The van der Waals surface area contributed by atoms with Gasteiger partial charge in [0.25, 0.3) is 0 Å². The minimum absolute atomic E-state index is 0.0893. The van der Waals surface area contributed by atoms with Gasteiger partial charge in [0.05, 0.1) is 4.92 Å². The average Bonchev–Trinajstić information content (AvgIpc) is 2.60. The molecule has 26 heavy (non-hydrogen) atoms. The van der Waals surface area contributed by atoms with Crippen molar-refractivity contribution in [2.45, 2.75) is 13.8 Å². The van der Waals surface area contributed by atoms with Crippen LogP contribution in [0.15, 0.2) is 48.8 Å². The zero-order chi connectivity index (χ0) is 18.7. The second-order valence-corrected chi connectivity index (χ2v) is 6.14. The first kappa shape index (κ1) is 17.6. The SMILES string of the molecule is Cc1ccccc1Nc1ncnc(Nc2cc(Cl)ccc2C)c1[N+](=O)[O-]. The first-order valence-electron chi connectivity index (χ1n) is 7.81. The molecule has 8 heteroatoms. The van der Waals surface area contributed by atoms with Crippen molar-refractivity contribution in [2.24, 2.45) is 0 Å². The van der Waals surface area contributed by atoms with Gasteiger partial charge in [-0.2, -0.15) is 0 Å². The van der Waals surface area contributed by atoms with Crippen LogP contribution in [0.2, 0.25) is 5.02 Å². The molecule has 0 spiro atoms. The van der Waals surface area contributed by atoms with E-state index in [1.54, 1.807) is 12.1 Å². The lowest BCUT2D eigenvalue weighted by Crippen LogP contribution is -2.06.